The summed E-state index contributed by atoms with van der Waals surface area (Å²) in [6.45, 7) is 3.69. The Labute approximate surface area is 152 Å². The third kappa shape index (κ3) is 2.64. The lowest BCUT2D eigenvalue weighted by Crippen LogP contribution is -2.40. The van der Waals surface area contributed by atoms with E-state index in [1.54, 1.807) is 30.5 Å². The average molecular weight is 369 g/mol. The highest BCUT2D eigenvalue weighted by atomic mass is 32.2. The van der Waals surface area contributed by atoms with Crippen molar-refractivity contribution in [2.45, 2.75) is 31.2 Å². The van der Waals surface area contributed by atoms with Gasteiger partial charge in [0.05, 0.1) is 6.04 Å². The lowest BCUT2D eigenvalue weighted by Gasteiger charge is -2.36. The highest BCUT2D eigenvalue weighted by molar-refractivity contribution is 7.89. The molecule has 0 fully saturated rings. The molecule has 1 aromatic carbocycles. The quantitative estimate of drug-likeness (QED) is 0.709. The van der Waals surface area contributed by atoms with E-state index in [1.807, 2.05) is 30.3 Å². The van der Waals surface area contributed by atoms with Gasteiger partial charge in [-0.3, -0.25) is 4.98 Å². The van der Waals surface area contributed by atoms with Crippen LogP contribution in [0.2, 0.25) is 0 Å². The lowest BCUT2D eigenvalue weighted by atomic mass is 9.90. The molecule has 1 atom stereocenters. The molecule has 0 amide bonds. The molecule has 0 saturated carbocycles. The van der Waals surface area contributed by atoms with Gasteiger partial charge >= 0.3 is 0 Å². The van der Waals surface area contributed by atoms with Crippen LogP contribution in [0.4, 0.5) is 0 Å². The highest BCUT2D eigenvalue weighted by Gasteiger charge is 2.39. The minimum Gasteiger partial charge on any atom is -0.360 e. The molecule has 4 rings (SSSR count). The van der Waals surface area contributed by atoms with Crippen molar-refractivity contribution in [3.05, 3.63) is 76.9 Å². The van der Waals surface area contributed by atoms with Crippen LogP contribution in [0, 0.1) is 13.8 Å². The fraction of sp³-hybridized carbons (Fsp3) is 0.263. The Balaban J connectivity index is 1.91. The molecule has 1 aliphatic heterocycles. The van der Waals surface area contributed by atoms with E-state index in [0.717, 1.165) is 11.1 Å². The number of sulfonamides is 1. The summed E-state index contributed by atoms with van der Waals surface area (Å²) < 4.78 is 33.7. The van der Waals surface area contributed by atoms with E-state index in [2.05, 4.69) is 16.2 Å². The van der Waals surface area contributed by atoms with Crippen LogP contribution in [0.3, 0.4) is 0 Å². The predicted molar refractivity (Wildman–Crippen MR) is 96.1 cm³/mol. The van der Waals surface area contributed by atoms with Crippen molar-refractivity contribution < 1.29 is 12.9 Å². The number of fused-ring (bicyclic) bond motifs is 1. The molecular formula is C19H19N3O3S. The van der Waals surface area contributed by atoms with Crippen LogP contribution < -0.4 is 0 Å². The van der Waals surface area contributed by atoms with Crippen LogP contribution >= 0.6 is 0 Å². The summed E-state index contributed by atoms with van der Waals surface area (Å²) in [5.74, 6) is 0.315. The molecular weight excluding hydrogens is 350 g/mol. The van der Waals surface area contributed by atoms with E-state index in [1.165, 1.54) is 5.56 Å². The van der Waals surface area contributed by atoms with E-state index >= 15 is 0 Å². The Hall–Kier alpha value is -2.51. The van der Waals surface area contributed by atoms with Crippen molar-refractivity contribution in [2.24, 2.45) is 0 Å². The van der Waals surface area contributed by atoms with E-state index < -0.39 is 16.1 Å². The molecule has 7 heteroatoms. The predicted octanol–water partition coefficient (Wildman–Crippen LogP) is 3.02. The van der Waals surface area contributed by atoms with Gasteiger partial charge in [0.2, 0.25) is 10.0 Å². The first-order chi connectivity index (χ1) is 12.5. The molecule has 26 heavy (non-hydrogen) atoms. The zero-order valence-corrected chi connectivity index (χ0v) is 15.4. The second-order valence-corrected chi connectivity index (χ2v) is 8.23. The summed E-state index contributed by atoms with van der Waals surface area (Å²) >= 11 is 0. The number of benzene rings is 1. The Morgan fingerprint density at radius 2 is 1.85 bits per heavy atom. The fourth-order valence-electron chi connectivity index (χ4n) is 3.65. The Kier molecular flexibility index (Phi) is 4.13. The van der Waals surface area contributed by atoms with E-state index in [0.29, 0.717) is 24.4 Å². The Morgan fingerprint density at radius 1 is 1.12 bits per heavy atom. The van der Waals surface area contributed by atoms with E-state index in [-0.39, 0.29) is 4.90 Å². The SMILES string of the molecule is Cc1noc(C)c1S(=O)(=O)N1CCc2ccccc2C1c1ccncc1. The molecule has 0 bridgehead atoms. The van der Waals surface area contributed by atoms with Gasteiger partial charge in [-0.05, 0) is 49.1 Å². The van der Waals surface area contributed by atoms with Gasteiger partial charge in [0, 0.05) is 18.9 Å². The molecule has 2 aromatic heterocycles. The van der Waals surface area contributed by atoms with E-state index in [4.69, 9.17) is 4.52 Å². The van der Waals surface area contributed by atoms with Crippen molar-refractivity contribution in [3.8, 4) is 0 Å². The van der Waals surface area contributed by atoms with Gasteiger partial charge in [-0.15, -0.1) is 0 Å². The van der Waals surface area contributed by atoms with Crippen LogP contribution in [0.5, 0.6) is 0 Å². The molecule has 0 N–H and O–H groups in total. The third-order valence-corrected chi connectivity index (χ3v) is 6.91. The normalized spacial score (nSPS) is 17.8. The molecule has 1 aliphatic rings. The molecule has 0 spiro atoms. The van der Waals surface area contributed by atoms with Crippen LogP contribution in [-0.2, 0) is 16.4 Å². The van der Waals surface area contributed by atoms with Crippen molar-refractivity contribution in [2.75, 3.05) is 6.54 Å². The number of hydrogen-bond acceptors (Lipinski definition) is 5. The van der Waals surface area contributed by atoms with Gasteiger partial charge in [-0.1, -0.05) is 29.4 Å². The summed E-state index contributed by atoms with van der Waals surface area (Å²) in [6, 6.07) is 11.3. The second kappa shape index (κ2) is 6.34. The smallest absolute Gasteiger partial charge is 0.249 e. The van der Waals surface area contributed by atoms with Crippen LogP contribution in [-0.4, -0.2) is 29.4 Å². The monoisotopic (exact) mass is 369 g/mol. The van der Waals surface area contributed by atoms with Crippen molar-refractivity contribution >= 4 is 10.0 Å². The summed E-state index contributed by atoms with van der Waals surface area (Å²) in [5, 5.41) is 3.83. The number of nitrogens with zero attached hydrogens (tertiary/aromatic N) is 3. The summed E-state index contributed by atoms with van der Waals surface area (Å²) in [7, 11) is -3.76. The maximum Gasteiger partial charge on any atom is 0.249 e. The minimum absolute atomic E-state index is 0.163. The molecule has 3 aromatic rings. The number of aromatic nitrogens is 2. The van der Waals surface area contributed by atoms with Gasteiger partial charge < -0.3 is 4.52 Å². The maximum atomic E-state index is 13.5. The molecule has 0 aliphatic carbocycles. The van der Waals surface area contributed by atoms with Crippen LogP contribution in [0.1, 0.15) is 34.2 Å². The lowest BCUT2D eigenvalue weighted by molar-refractivity contribution is 0.342. The zero-order chi connectivity index (χ0) is 18.3. The van der Waals surface area contributed by atoms with Crippen molar-refractivity contribution in [1.82, 2.24) is 14.4 Å². The maximum absolute atomic E-state index is 13.5. The summed E-state index contributed by atoms with van der Waals surface area (Å²) in [4.78, 5) is 4.23. The number of hydrogen-bond donors (Lipinski definition) is 0. The third-order valence-electron chi connectivity index (χ3n) is 4.80. The van der Waals surface area contributed by atoms with E-state index in [9.17, 15) is 8.42 Å². The Morgan fingerprint density at radius 3 is 2.54 bits per heavy atom. The molecule has 6 nitrogen and oxygen atoms in total. The van der Waals surface area contributed by atoms with Crippen molar-refractivity contribution in [3.63, 3.8) is 0 Å². The molecule has 0 radical (unpaired) electrons. The first kappa shape index (κ1) is 16.9. The Bertz CT molecular complexity index is 1030. The van der Waals surface area contributed by atoms with Gasteiger partial charge in [0.1, 0.15) is 10.6 Å². The number of pyridine rings is 1. The number of rotatable bonds is 3. The standard InChI is InChI=1S/C19H19N3O3S/c1-13-19(14(2)25-21-13)26(23,24)22-12-9-15-5-3-4-6-17(15)18(22)16-7-10-20-11-8-16/h3-8,10-11,18H,9,12H2,1-2H3. The van der Waals surface area contributed by atoms with Gasteiger partial charge in [-0.25, -0.2) is 8.42 Å². The van der Waals surface area contributed by atoms with Gasteiger partial charge in [0.25, 0.3) is 0 Å². The van der Waals surface area contributed by atoms with Gasteiger partial charge in [0.15, 0.2) is 5.76 Å². The molecule has 1 unspecified atom stereocenters. The summed E-state index contributed by atoms with van der Waals surface area (Å²) in [5.41, 5.74) is 3.44. The topological polar surface area (TPSA) is 76.3 Å². The van der Waals surface area contributed by atoms with Gasteiger partial charge in [-0.2, -0.15) is 4.31 Å². The largest absolute Gasteiger partial charge is 0.360 e. The zero-order valence-electron chi connectivity index (χ0n) is 14.6. The fourth-order valence-corrected chi connectivity index (χ4v) is 5.54. The minimum atomic E-state index is -3.76. The molecule has 3 heterocycles. The highest BCUT2D eigenvalue weighted by Crippen LogP contribution is 2.39. The molecule has 134 valence electrons. The number of aryl methyl sites for hydroxylation is 2. The average Bonchev–Trinajstić information content (AvgIpc) is 3.00. The second-order valence-electron chi connectivity index (χ2n) is 6.40. The molecule has 0 saturated heterocycles. The van der Waals surface area contributed by atoms with Crippen LogP contribution in [0.25, 0.3) is 0 Å². The first-order valence-electron chi connectivity index (χ1n) is 8.42. The first-order valence-corrected chi connectivity index (χ1v) is 9.86. The van der Waals surface area contributed by atoms with Crippen LogP contribution in [0.15, 0.2) is 58.2 Å². The summed E-state index contributed by atoms with van der Waals surface area (Å²) in [6.07, 6.45) is 4.04. The van der Waals surface area contributed by atoms with Crippen molar-refractivity contribution in [1.29, 1.82) is 0 Å².